The summed E-state index contributed by atoms with van der Waals surface area (Å²) in [7, 11) is 0. The van der Waals surface area contributed by atoms with Gasteiger partial charge in [0.05, 0.1) is 10.6 Å². The molecule has 0 aromatic heterocycles. The van der Waals surface area contributed by atoms with Crippen LogP contribution in [0.3, 0.4) is 0 Å². The number of amides is 1. The van der Waals surface area contributed by atoms with Crippen molar-refractivity contribution in [2.75, 3.05) is 0 Å². The van der Waals surface area contributed by atoms with E-state index in [1.807, 2.05) is 6.92 Å². The van der Waals surface area contributed by atoms with Gasteiger partial charge in [-0.2, -0.15) is 15.1 Å². The highest BCUT2D eigenvalue weighted by Crippen LogP contribution is 2.31. The Labute approximate surface area is 188 Å². The Morgan fingerprint density at radius 1 is 1.29 bits per heavy atom. The maximum Gasteiger partial charge on any atom is 0.283 e. The third kappa shape index (κ3) is 4.55. The molecule has 0 saturated heterocycles. The first-order valence-corrected chi connectivity index (χ1v) is 10.8. The molecule has 0 radical (unpaired) electrons. The zero-order valence-electron chi connectivity index (χ0n) is 16.6. The normalized spacial score (nSPS) is 17.0. The first-order chi connectivity index (χ1) is 15.0. The number of carbonyl (C=O) groups is 1. The van der Waals surface area contributed by atoms with E-state index in [4.69, 9.17) is 21.7 Å². The summed E-state index contributed by atoms with van der Waals surface area (Å²) in [4.78, 5) is 16.5. The summed E-state index contributed by atoms with van der Waals surface area (Å²) < 4.78 is 19.4. The summed E-state index contributed by atoms with van der Waals surface area (Å²) in [6.07, 6.45) is 3.24. The fourth-order valence-electron chi connectivity index (χ4n) is 3.01. The van der Waals surface area contributed by atoms with Crippen LogP contribution in [0.25, 0.3) is 6.08 Å². The van der Waals surface area contributed by atoms with Gasteiger partial charge >= 0.3 is 0 Å². The van der Waals surface area contributed by atoms with Gasteiger partial charge in [-0.1, -0.05) is 42.8 Å². The smallest absolute Gasteiger partial charge is 0.283 e. The van der Waals surface area contributed by atoms with E-state index < -0.39 is 5.91 Å². The first kappa shape index (κ1) is 21.3. The highest BCUT2D eigenvalue weighted by Gasteiger charge is 2.35. The Balaban J connectivity index is 1.52. The third-order valence-electron chi connectivity index (χ3n) is 4.57. The zero-order chi connectivity index (χ0) is 22.0. The summed E-state index contributed by atoms with van der Waals surface area (Å²) >= 11 is 7.64. The van der Waals surface area contributed by atoms with Crippen LogP contribution in [-0.2, 0) is 11.4 Å². The molecule has 6 nitrogen and oxygen atoms in total. The monoisotopic (exact) mass is 456 g/mol. The van der Waals surface area contributed by atoms with Crippen LogP contribution in [0.15, 0.2) is 58.1 Å². The minimum atomic E-state index is -0.493. The van der Waals surface area contributed by atoms with Crippen molar-refractivity contribution < 1.29 is 13.9 Å². The molecule has 2 aliphatic heterocycles. The predicted molar refractivity (Wildman–Crippen MR) is 122 cm³/mol. The number of thioether (sulfide) groups is 1. The molecule has 2 aromatic carbocycles. The van der Waals surface area contributed by atoms with Gasteiger partial charge in [-0.3, -0.25) is 10.2 Å². The van der Waals surface area contributed by atoms with Crippen LogP contribution < -0.4 is 4.74 Å². The lowest BCUT2D eigenvalue weighted by Gasteiger charge is -2.20. The van der Waals surface area contributed by atoms with Gasteiger partial charge in [-0.25, -0.2) is 4.39 Å². The molecule has 31 heavy (non-hydrogen) atoms. The van der Waals surface area contributed by atoms with E-state index in [-0.39, 0.29) is 23.8 Å². The Kier molecular flexibility index (Phi) is 6.20. The molecule has 2 aliphatic rings. The minimum absolute atomic E-state index is 0.0235. The van der Waals surface area contributed by atoms with Crippen LogP contribution in [0.2, 0.25) is 5.02 Å². The molecule has 0 atom stereocenters. The van der Waals surface area contributed by atoms with Gasteiger partial charge in [-0.15, -0.1) is 0 Å². The Bertz CT molecular complexity index is 1160. The third-order valence-corrected chi connectivity index (χ3v) is 5.83. The van der Waals surface area contributed by atoms with Crippen LogP contribution in [0.1, 0.15) is 30.9 Å². The second-order valence-corrected chi connectivity index (χ2v) is 8.28. The molecule has 0 bridgehead atoms. The quantitative estimate of drug-likeness (QED) is 0.584. The SMILES string of the molecule is CCCC1=NN2C(=N)/C(=C\c3ccc(OCc4ccccc4F)c(Cl)c3)C(=O)N=C2S1. The average Bonchev–Trinajstić information content (AvgIpc) is 3.14. The molecule has 2 heterocycles. The lowest BCUT2D eigenvalue weighted by atomic mass is 10.1. The molecule has 158 valence electrons. The fourth-order valence-corrected chi connectivity index (χ4v) is 4.24. The number of nitrogens with zero attached hydrogens (tertiary/aromatic N) is 3. The molecule has 0 spiro atoms. The molecule has 0 fully saturated rings. The minimum Gasteiger partial charge on any atom is -0.487 e. The van der Waals surface area contributed by atoms with Crippen molar-refractivity contribution in [2.45, 2.75) is 26.4 Å². The van der Waals surface area contributed by atoms with Gasteiger partial charge in [0.15, 0.2) is 5.84 Å². The van der Waals surface area contributed by atoms with E-state index in [9.17, 15) is 9.18 Å². The van der Waals surface area contributed by atoms with E-state index in [1.165, 1.54) is 22.8 Å². The van der Waals surface area contributed by atoms with E-state index in [0.717, 1.165) is 17.9 Å². The number of benzene rings is 2. The number of nitrogens with one attached hydrogen (secondary N) is 1. The number of fused-ring (bicyclic) bond motifs is 1. The van der Waals surface area contributed by atoms with Crippen molar-refractivity contribution in [3.05, 3.63) is 70.0 Å². The molecular formula is C22H18ClFN4O2S. The highest BCUT2D eigenvalue weighted by molar-refractivity contribution is 8.26. The summed E-state index contributed by atoms with van der Waals surface area (Å²) in [6, 6.07) is 11.3. The number of hydrazone groups is 1. The highest BCUT2D eigenvalue weighted by atomic mass is 35.5. The number of hydrogen-bond acceptors (Lipinski definition) is 5. The molecule has 0 unspecified atom stereocenters. The van der Waals surface area contributed by atoms with Crippen LogP contribution >= 0.6 is 23.4 Å². The van der Waals surface area contributed by atoms with Gasteiger partial charge in [0.2, 0.25) is 5.17 Å². The number of rotatable bonds is 6. The van der Waals surface area contributed by atoms with Crippen LogP contribution in [0, 0.1) is 11.2 Å². The lowest BCUT2D eigenvalue weighted by molar-refractivity contribution is -0.114. The van der Waals surface area contributed by atoms with Crippen molar-refractivity contribution in [3.8, 4) is 5.75 Å². The fraction of sp³-hybridized carbons (Fsp3) is 0.182. The van der Waals surface area contributed by atoms with Gasteiger partial charge in [-0.05, 0) is 54.4 Å². The van der Waals surface area contributed by atoms with E-state index in [1.54, 1.807) is 42.5 Å². The first-order valence-electron chi connectivity index (χ1n) is 9.61. The molecule has 4 rings (SSSR count). The molecule has 0 aliphatic carbocycles. The number of carbonyl (C=O) groups excluding carboxylic acids is 1. The molecule has 1 amide bonds. The molecule has 9 heteroatoms. The number of ether oxygens (including phenoxy) is 1. The Morgan fingerprint density at radius 3 is 2.84 bits per heavy atom. The van der Waals surface area contributed by atoms with Crippen molar-refractivity contribution in [1.29, 1.82) is 5.41 Å². The maximum atomic E-state index is 13.8. The summed E-state index contributed by atoms with van der Waals surface area (Å²) in [5.41, 5.74) is 1.16. The van der Waals surface area contributed by atoms with Crippen LogP contribution in [-0.4, -0.2) is 27.0 Å². The predicted octanol–water partition coefficient (Wildman–Crippen LogP) is 5.48. The number of aliphatic imine (C=N–C) groups is 1. The second kappa shape index (κ2) is 9.03. The summed E-state index contributed by atoms with van der Waals surface area (Å²) in [5.74, 6) is -0.474. The lowest BCUT2D eigenvalue weighted by Crippen LogP contribution is -2.35. The van der Waals surface area contributed by atoms with Gasteiger partial charge in [0.1, 0.15) is 23.2 Å². The number of halogens is 2. The van der Waals surface area contributed by atoms with Crippen molar-refractivity contribution in [3.63, 3.8) is 0 Å². The van der Waals surface area contributed by atoms with Gasteiger partial charge < -0.3 is 4.74 Å². The summed E-state index contributed by atoms with van der Waals surface area (Å²) in [6.45, 7) is 2.08. The number of amidine groups is 2. The van der Waals surface area contributed by atoms with Gasteiger partial charge in [0.25, 0.3) is 5.91 Å². The van der Waals surface area contributed by atoms with Crippen LogP contribution in [0.4, 0.5) is 4.39 Å². The van der Waals surface area contributed by atoms with E-state index in [0.29, 0.717) is 27.1 Å². The second-order valence-electron chi connectivity index (χ2n) is 6.83. The molecule has 2 aromatic rings. The topological polar surface area (TPSA) is 78.1 Å². The van der Waals surface area contributed by atoms with Crippen molar-refractivity contribution in [2.24, 2.45) is 10.1 Å². The number of hydrogen-bond donors (Lipinski definition) is 1. The molecule has 1 N–H and O–H groups in total. The maximum absolute atomic E-state index is 13.8. The zero-order valence-corrected chi connectivity index (χ0v) is 18.1. The Morgan fingerprint density at radius 2 is 2.10 bits per heavy atom. The van der Waals surface area contributed by atoms with E-state index >= 15 is 0 Å². The summed E-state index contributed by atoms with van der Waals surface area (Å²) in [5, 5.41) is 15.7. The molecular weight excluding hydrogens is 439 g/mol. The van der Waals surface area contributed by atoms with Crippen molar-refractivity contribution >= 4 is 51.4 Å². The van der Waals surface area contributed by atoms with Crippen LogP contribution in [0.5, 0.6) is 5.75 Å². The Hall–Kier alpha value is -2.97. The molecule has 0 saturated carbocycles. The largest absolute Gasteiger partial charge is 0.487 e. The van der Waals surface area contributed by atoms with Gasteiger partial charge in [0, 0.05) is 5.56 Å². The standard InChI is InChI=1S/C22H18ClFN4O2S/c1-2-5-19-27-28-20(25)15(21(29)26-22(28)31-19)10-13-8-9-18(16(23)11-13)30-12-14-6-3-4-7-17(14)24/h3-4,6-11,25H,2,5,12H2,1H3/b15-10+,25-20?. The average molecular weight is 457 g/mol. The van der Waals surface area contributed by atoms with Crippen molar-refractivity contribution in [1.82, 2.24) is 5.01 Å². The van der Waals surface area contributed by atoms with E-state index in [2.05, 4.69) is 10.1 Å².